The fourth-order valence-corrected chi connectivity index (χ4v) is 3.31. The van der Waals surface area contributed by atoms with Gasteiger partial charge in [0.05, 0.1) is 13.7 Å². The molecule has 1 saturated heterocycles. The second-order valence-corrected chi connectivity index (χ2v) is 6.71. The average Bonchev–Trinajstić information content (AvgIpc) is 3.36. The Morgan fingerprint density at radius 1 is 1.22 bits per heavy atom. The number of halogens is 1. The zero-order valence-electron chi connectivity index (χ0n) is 15.1. The Balaban J connectivity index is 1.41. The Morgan fingerprint density at radius 3 is 2.70 bits per heavy atom. The van der Waals surface area contributed by atoms with Gasteiger partial charge < -0.3 is 13.9 Å². The van der Waals surface area contributed by atoms with E-state index in [1.807, 2.05) is 5.06 Å². The topological polar surface area (TPSA) is 82.1 Å². The maximum atomic E-state index is 14.4. The van der Waals surface area contributed by atoms with E-state index < -0.39 is 0 Å². The van der Waals surface area contributed by atoms with E-state index in [1.54, 1.807) is 36.5 Å². The maximum Gasteiger partial charge on any atom is 0.227 e. The van der Waals surface area contributed by atoms with Gasteiger partial charge in [-0.1, -0.05) is 17.3 Å². The van der Waals surface area contributed by atoms with E-state index in [0.29, 0.717) is 35.3 Å². The van der Waals surface area contributed by atoms with Crippen LogP contribution in [0, 0.1) is 11.7 Å². The fraction of sp³-hybridized carbons (Fsp3) is 0.444. The summed E-state index contributed by atoms with van der Waals surface area (Å²) in [6, 6.07) is 4.96. The van der Waals surface area contributed by atoms with E-state index >= 15 is 0 Å². The molecule has 0 unspecified atom stereocenters. The lowest BCUT2D eigenvalue weighted by atomic mass is 9.94. The number of hydrogen-bond donors (Lipinski definition) is 0. The van der Waals surface area contributed by atoms with Crippen molar-refractivity contribution in [2.45, 2.75) is 25.8 Å². The van der Waals surface area contributed by atoms with Crippen molar-refractivity contribution in [1.29, 1.82) is 0 Å². The van der Waals surface area contributed by atoms with Crippen LogP contribution in [0.3, 0.4) is 0 Å². The second-order valence-electron chi connectivity index (χ2n) is 6.71. The summed E-state index contributed by atoms with van der Waals surface area (Å²) in [6.07, 6.45) is 5.89. The molecule has 1 aliphatic heterocycles. The van der Waals surface area contributed by atoms with E-state index in [0.717, 1.165) is 32.4 Å². The maximum absolute atomic E-state index is 14.4. The van der Waals surface area contributed by atoms with Crippen molar-refractivity contribution in [3.8, 4) is 11.4 Å². The van der Waals surface area contributed by atoms with Gasteiger partial charge in [0.15, 0.2) is 0 Å². The van der Waals surface area contributed by atoms with Crippen LogP contribution in [0.1, 0.15) is 24.3 Å². The van der Waals surface area contributed by atoms with Crippen LogP contribution in [-0.4, -0.2) is 50.2 Å². The van der Waals surface area contributed by atoms with Crippen molar-refractivity contribution in [2.24, 2.45) is 5.92 Å². The van der Waals surface area contributed by atoms with Gasteiger partial charge in [-0.15, -0.1) is 10.2 Å². The Bertz CT molecular complexity index is 874. The van der Waals surface area contributed by atoms with Crippen molar-refractivity contribution < 1.29 is 13.8 Å². The lowest BCUT2D eigenvalue weighted by molar-refractivity contribution is -0.148. The molecule has 0 radical (unpaired) electrons. The molecule has 3 heterocycles. The number of benzene rings is 1. The zero-order valence-corrected chi connectivity index (χ0v) is 15.1. The Kier molecular flexibility index (Phi) is 5.21. The highest BCUT2D eigenvalue weighted by Gasteiger charge is 2.22. The molecule has 0 saturated carbocycles. The molecule has 1 aromatic carbocycles. The van der Waals surface area contributed by atoms with Gasteiger partial charge in [-0.25, -0.2) is 4.39 Å². The smallest absolute Gasteiger partial charge is 0.227 e. The summed E-state index contributed by atoms with van der Waals surface area (Å²) in [5.74, 6) is 1.18. The van der Waals surface area contributed by atoms with Gasteiger partial charge in [0, 0.05) is 30.6 Å². The SMILES string of the molecule is CON1CCC(Cc2nc(-c3ccc(Cn4cnnc4)c(F)c3)no2)CC1. The molecule has 0 aliphatic carbocycles. The molecule has 1 fully saturated rings. The van der Waals surface area contributed by atoms with Crippen LogP contribution >= 0.6 is 0 Å². The predicted octanol–water partition coefficient (Wildman–Crippen LogP) is 2.33. The van der Waals surface area contributed by atoms with E-state index in [9.17, 15) is 4.39 Å². The molecule has 0 spiro atoms. The molecule has 142 valence electrons. The van der Waals surface area contributed by atoms with E-state index in [4.69, 9.17) is 9.36 Å². The highest BCUT2D eigenvalue weighted by Crippen LogP contribution is 2.24. The van der Waals surface area contributed by atoms with Crippen molar-refractivity contribution in [1.82, 2.24) is 30.0 Å². The molecule has 0 N–H and O–H groups in total. The first-order valence-corrected chi connectivity index (χ1v) is 8.94. The van der Waals surface area contributed by atoms with Crippen molar-refractivity contribution >= 4 is 0 Å². The molecule has 1 aliphatic rings. The molecule has 4 rings (SSSR count). The van der Waals surface area contributed by atoms with Crippen molar-refractivity contribution in [3.05, 3.63) is 48.1 Å². The quantitative estimate of drug-likeness (QED) is 0.657. The zero-order chi connectivity index (χ0) is 18.6. The minimum atomic E-state index is -0.320. The molecular formula is C18H21FN6O2. The van der Waals surface area contributed by atoms with Gasteiger partial charge in [-0.2, -0.15) is 10.0 Å². The Hall–Kier alpha value is -2.65. The number of rotatable bonds is 6. The number of hydrogen-bond acceptors (Lipinski definition) is 7. The van der Waals surface area contributed by atoms with E-state index in [-0.39, 0.29) is 5.82 Å². The molecule has 3 aromatic rings. The molecule has 8 nitrogen and oxygen atoms in total. The van der Waals surface area contributed by atoms with E-state index in [2.05, 4.69) is 20.3 Å². The van der Waals surface area contributed by atoms with Crippen LogP contribution in [0.4, 0.5) is 4.39 Å². The number of aromatic nitrogens is 5. The lowest BCUT2D eigenvalue weighted by Gasteiger charge is -2.29. The number of hydroxylamine groups is 2. The van der Waals surface area contributed by atoms with Crippen LogP contribution in [0.2, 0.25) is 0 Å². The first-order chi connectivity index (χ1) is 13.2. The number of nitrogens with zero attached hydrogens (tertiary/aromatic N) is 6. The summed E-state index contributed by atoms with van der Waals surface area (Å²) < 4.78 is 21.5. The van der Waals surface area contributed by atoms with Gasteiger partial charge in [0.2, 0.25) is 11.7 Å². The summed E-state index contributed by atoms with van der Waals surface area (Å²) in [7, 11) is 1.70. The molecule has 0 atom stereocenters. The molecule has 2 aromatic heterocycles. The van der Waals surface area contributed by atoms with Gasteiger partial charge in [0.1, 0.15) is 18.5 Å². The predicted molar refractivity (Wildman–Crippen MR) is 93.8 cm³/mol. The first-order valence-electron chi connectivity index (χ1n) is 8.94. The molecular weight excluding hydrogens is 351 g/mol. The van der Waals surface area contributed by atoms with Crippen LogP contribution < -0.4 is 0 Å². The van der Waals surface area contributed by atoms with Crippen molar-refractivity contribution in [2.75, 3.05) is 20.2 Å². The monoisotopic (exact) mass is 372 g/mol. The molecule has 0 bridgehead atoms. The fourth-order valence-electron chi connectivity index (χ4n) is 3.31. The Labute approximate surface area is 155 Å². The highest BCUT2D eigenvalue weighted by molar-refractivity contribution is 5.55. The van der Waals surface area contributed by atoms with Crippen LogP contribution in [0.25, 0.3) is 11.4 Å². The van der Waals surface area contributed by atoms with Crippen molar-refractivity contribution in [3.63, 3.8) is 0 Å². The Morgan fingerprint density at radius 2 is 2.00 bits per heavy atom. The minimum absolute atomic E-state index is 0.320. The third-order valence-electron chi connectivity index (χ3n) is 4.89. The summed E-state index contributed by atoms with van der Waals surface area (Å²) in [5, 5.41) is 13.4. The van der Waals surface area contributed by atoms with Crippen LogP contribution in [0.5, 0.6) is 0 Å². The normalized spacial score (nSPS) is 16.1. The van der Waals surface area contributed by atoms with Gasteiger partial charge in [-0.05, 0) is 24.8 Å². The first kappa shape index (κ1) is 17.7. The third-order valence-corrected chi connectivity index (χ3v) is 4.89. The minimum Gasteiger partial charge on any atom is -0.339 e. The van der Waals surface area contributed by atoms with Crippen LogP contribution in [0.15, 0.2) is 35.4 Å². The standard InChI is InChI=1S/C18H21FN6O2/c1-26-25-6-4-13(5-7-25)8-17-22-18(23-27-17)14-2-3-15(16(19)9-14)10-24-11-20-21-12-24/h2-3,9,11-13H,4-8,10H2,1H3. The average molecular weight is 372 g/mol. The molecule has 9 heteroatoms. The van der Waals surface area contributed by atoms with E-state index in [1.165, 1.54) is 6.07 Å². The summed E-state index contributed by atoms with van der Waals surface area (Å²) in [6.45, 7) is 2.18. The van der Waals surface area contributed by atoms with Crippen LogP contribution in [-0.2, 0) is 17.8 Å². The third kappa shape index (κ3) is 4.20. The lowest BCUT2D eigenvalue weighted by Crippen LogP contribution is -2.33. The van der Waals surface area contributed by atoms with Gasteiger partial charge in [-0.3, -0.25) is 0 Å². The second kappa shape index (κ2) is 7.93. The highest BCUT2D eigenvalue weighted by atomic mass is 19.1. The summed E-state index contributed by atoms with van der Waals surface area (Å²) >= 11 is 0. The largest absolute Gasteiger partial charge is 0.339 e. The molecule has 0 amide bonds. The van der Waals surface area contributed by atoms with Gasteiger partial charge >= 0.3 is 0 Å². The number of piperidine rings is 1. The van der Waals surface area contributed by atoms with Gasteiger partial charge in [0.25, 0.3) is 0 Å². The molecule has 27 heavy (non-hydrogen) atoms. The summed E-state index contributed by atoms with van der Waals surface area (Å²) in [5.41, 5.74) is 1.15. The summed E-state index contributed by atoms with van der Waals surface area (Å²) in [4.78, 5) is 9.69.